The molecule has 0 saturated heterocycles. The van der Waals surface area contributed by atoms with Gasteiger partial charge >= 0.3 is 0 Å². The second kappa shape index (κ2) is 6.16. The molecule has 1 aromatic heterocycles. The Hall–Kier alpha value is -2.04. The number of nitrogens with zero attached hydrogens (tertiary/aromatic N) is 2. The van der Waals surface area contributed by atoms with Gasteiger partial charge in [-0.25, -0.2) is 0 Å². The molecule has 0 aliphatic carbocycles. The molecule has 4 nitrogen and oxygen atoms in total. The molecule has 3 aromatic rings. The molecule has 0 atom stereocenters. The van der Waals surface area contributed by atoms with Crippen molar-refractivity contribution in [2.45, 2.75) is 6.61 Å². The molecule has 0 unspecified atom stereocenters. The molecule has 0 N–H and O–H groups in total. The number of hydrogen-bond donors (Lipinski definition) is 0. The quantitative estimate of drug-likeness (QED) is 0.703. The van der Waals surface area contributed by atoms with E-state index in [4.69, 9.17) is 32.5 Å². The molecule has 0 fully saturated rings. The topological polar surface area (TPSA) is 48.2 Å². The lowest BCUT2D eigenvalue weighted by Crippen LogP contribution is -1.95. The normalized spacial score (nSPS) is 10.6. The van der Waals surface area contributed by atoms with Gasteiger partial charge < -0.3 is 9.26 Å². The van der Waals surface area contributed by atoms with Gasteiger partial charge in [0.15, 0.2) is 6.61 Å². The predicted molar refractivity (Wildman–Crippen MR) is 80.5 cm³/mol. The molecule has 2 aromatic carbocycles. The monoisotopic (exact) mass is 320 g/mol. The van der Waals surface area contributed by atoms with Gasteiger partial charge in [-0.3, -0.25) is 0 Å². The molecule has 0 amide bonds. The molecular weight excluding hydrogens is 311 g/mol. The van der Waals surface area contributed by atoms with E-state index in [1.807, 2.05) is 30.3 Å². The van der Waals surface area contributed by atoms with E-state index in [1.54, 1.807) is 18.2 Å². The minimum atomic E-state index is 0.164. The summed E-state index contributed by atoms with van der Waals surface area (Å²) in [4.78, 5) is 4.27. The molecule has 21 heavy (non-hydrogen) atoms. The molecule has 6 heteroatoms. The largest absolute Gasteiger partial charge is 0.484 e. The zero-order valence-electron chi connectivity index (χ0n) is 10.8. The second-order valence-electron chi connectivity index (χ2n) is 4.24. The van der Waals surface area contributed by atoms with Gasteiger partial charge in [-0.05, 0) is 12.1 Å². The minimum Gasteiger partial charge on any atom is -0.484 e. The van der Waals surface area contributed by atoms with Crippen molar-refractivity contribution in [3.63, 3.8) is 0 Å². The minimum absolute atomic E-state index is 0.164. The summed E-state index contributed by atoms with van der Waals surface area (Å²) in [7, 11) is 0. The van der Waals surface area contributed by atoms with E-state index in [0.717, 1.165) is 5.56 Å². The molecule has 0 saturated carbocycles. The number of rotatable bonds is 4. The number of benzene rings is 2. The summed E-state index contributed by atoms with van der Waals surface area (Å²) in [5.41, 5.74) is 0.891. The molecule has 0 aliphatic rings. The zero-order chi connectivity index (χ0) is 14.7. The molecule has 3 rings (SSSR count). The summed E-state index contributed by atoms with van der Waals surface area (Å²) in [6.07, 6.45) is 0. The highest BCUT2D eigenvalue weighted by Crippen LogP contribution is 2.26. The zero-order valence-corrected chi connectivity index (χ0v) is 12.3. The van der Waals surface area contributed by atoms with Crippen molar-refractivity contribution < 1.29 is 9.26 Å². The van der Waals surface area contributed by atoms with Crippen LogP contribution < -0.4 is 4.74 Å². The Balaban J connectivity index is 1.69. The summed E-state index contributed by atoms with van der Waals surface area (Å²) in [6.45, 7) is 0.164. The SMILES string of the molecule is Clc1ccc(OCc2nc(-c3ccccc3)no2)cc1Cl. The van der Waals surface area contributed by atoms with Crippen LogP contribution in [0, 0.1) is 0 Å². The van der Waals surface area contributed by atoms with Crippen LogP contribution >= 0.6 is 23.2 Å². The molecule has 1 heterocycles. The van der Waals surface area contributed by atoms with Gasteiger partial charge in [0.1, 0.15) is 5.75 Å². The van der Waals surface area contributed by atoms with Crippen LogP contribution in [0.2, 0.25) is 10.0 Å². The molecule has 106 valence electrons. The third-order valence-electron chi connectivity index (χ3n) is 2.75. The van der Waals surface area contributed by atoms with Crippen molar-refractivity contribution in [3.8, 4) is 17.1 Å². The first-order valence-electron chi connectivity index (χ1n) is 6.18. The van der Waals surface area contributed by atoms with E-state index >= 15 is 0 Å². The maximum absolute atomic E-state index is 5.92. The van der Waals surface area contributed by atoms with Gasteiger partial charge in [0.05, 0.1) is 10.0 Å². The number of halogens is 2. The third-order valence-corrected chi connectivity index (χ3v) is 3.49. The Morgan fingerprint density at radius 1 is 1.00 bits per heavy atom. The van der Waals surface area contributed by atoms with Crippen LogP contribution in [0.15, 0.2) is 53.1 Å². The summed E-state index contributed by atoms with van der Waals surface area (Å²) >= 11 is 11.8. The van der Waals surface area contributed by atoms with Crippen molar-refractivity contribution in [1.82, 2.24) is 10.1 Å². The van der Waals surface area contributed by atoms with Gasteiger partial charge in [-0.1, -0.05) is 58.7 Å². The molecule has 0 radical (unpaired) electrons. The average Bonchev–Trinajstić information content (AvgIpc) is 2.98. The highest BCUT2D eigenvalue weighted by Gasteiger charge is 2.09. The van der Waals surface area contributed by atoms with E-state index in [0.29, 0.717) is 27.5 Å². The van der Waals surface area contributed by atoms with E-state index in [1.165, 1.54) is 0 Å². The number of aromatic nitrogens is 2. The first-order valence-corrected chi connectivity index (χ1v) is 6.94. The third kappa shape index (κ3) is 3.35. The summed E-state index contributed by atoms with van der Waals surface area (Å²) < 4.78 is 10.7. The molecule has 0 bridgehead atoms. The summed E-state index contributed by atoms with van der Waals surface area (Å²) in [6, 6.07) is 14.6. The predicted octanol–water partition coefficient (Wildman–Crippen LogP) is 4.62. The highest BCUT2D eigenvalue weighted by atomic mass is 35.5. The molecule has 0 aliphatic heterocycles. The van der Waals surface area contributed by atoms with Crippen molar-refractivity contribution in [3.05, 3.63) is 64.5 Å². The Morgan fingerprint density at radius 3 is 2.57 bits per heavy atom. The fraction of sp³-hybridized carbons (Fsp3) is 0.0667. The Kier molecular flexibility index (Phi) is 4.08. The summed E-state index contributed by atoms with van der Waals surface area (Å²) in [5.74, 6) is 1.51. The van der Waals surface area contributed by atoms with Gasteiger partial charge in [-0.2, -0.15) is 4.98 Å². The molecular formula is C15H10Cl2N2O2. The standard InChI is InChI=1S/C15H10Cl2N2O2/c16-12-7-6-11(8-13(12)17)20-9-14-18-15(19-21-14)10-4-2-1-3-5-10/h1-8H,9H2. The average molecular weight is 321 g/mol. The maximum Gasteiger partial charge on any atom is 0.264 e. The van der Waals surface area contributed by atoms with E-state index in [2.05, 4.69) is 10.1 Å². The van der Waals surface area contributed by atoms with Crippen LogP contribution in [0.25, 0.3) is 11.4 Å². The fourth-order valence-electron chi connectivity index (χ4n) is 1.73. The van der Waals surface area contributed by atoms with E-state index in [9.17, 15) is 0 Å². The van der Waals surface area contributed by atoms with E-state index < -0.39 is 0 Å². The first-order chi connectivity index (χ1) is 10.2. The van der Waals surface area contributed by atoms with Gasteiger partial charge in [0, 0.05) is 11.6 Å². The van der Waals surface area contributed by atoms with Crippen molar-refractivity contribution in [2.75, 3.05) is 0 Å². The van der Waals surface area contributed by atoms with Crippen LogP contribution in [-0.2, 0) is 6.61 Å². The van der Waals surface area contributed by atoms with Crippen molar-refractivity contribution in [2.24, 2.45) is 0 Å². The highest BCUT2D eigenvalue weighted by molar-refractivity contribution is 6.42. The second-order valence-corrected chi connectivity index (χ2v) is 5.06. The Bertz CT molecular complexity index is 744. The number of ether oxygens (including phenoxy) is 1. The van der Waals surface area contributed by atoms with E-state index in [-0.39, 0.29) is 6.61 Å². The van der Waals surface area contributed by atoms with Crippen LogP contribution in [0.1, 0.15) is 5.89 Å². The van der Waals surface area contributed by atoms with Crippen LogP contribution in [0.5, 0.6) is 5.75 Å². The van der Waals surface area contributed by atoms with Gasteiger partial charge in [-0.15, -0.1) is 0 Å². The lowest BCUT2D eigenvalue weighted by Gasteiger charge is -2.03. The van der Waals surface area contributed by atoms with Crippen LogP contribution in [0.4, 0.5) is 0 Å². The first kappa shape index (κ1) is 13.9. The maximum atomic E-state index is 5.92. The molecule has 0 spiro atoms. The van der Waals surface area contributed by atoms with Gasteiger partial charge in [0.2, 0.25) is 5.82 Å². The van der Waals surface area contributed by atoms with Crippen LogP contribution in [0.3, 0.4) is 0 Å². The lowest BCUT2D eigenvalue weighted by atomic mass is 10.2. The Labute approximate surface area is 131 Å². The summed E-state index contributed by atoms with van der Waals surface area (Å²) in [5, 5.41) is 4.83. The van der Waals surface area contributed by atoms with Crippen LogP contribution in [-0.4, -0.2) is 10.1 Å². The Morgan fingerprint density at radius 2 is 1.81 bits per heavy atom. The van der Waals surface area contributed by atoms with Gasteiger partial charge in [0.25, 0.3) is 5.89 Å². The fourth-order valence-corrected chi connectivity index (χ4v) is 2.02. The number of hydrogen-bond acceptors (Lipinski definition) is 4. The lowest BCUT2D eigenvalue weighted by molar-refractivity contribution is 0.243. The smallest absolute Gasteiger partial charge is 0.264 e. The van der Waals surface area contributed by atoms with Crippen molar-refractivity contribution in [1.29, 1.82) is 0 Å². The van der Waals surface area contributed by atoms with Crippen molar-refractivity contribution >= 4 is 23.2 Å².